The third kappa shape index (κ3) is 5.78. The number of hydrogen-bond donors (Lipinski definition) is 0. The first-order valence-corrected chi connectivity index (χ1v) is 12.0. The summed E-state index contributed by atoms with van der Waals surface area (Å²) >= 11 is 0. The van der Waals surface area contributed by atoms with Gasteiger partial charge in [-0.2, -0.15) is 0 Å². The molecule has 9 nitrogen and oxygen atoms in total. The fourth-order valence-corrected chi connectivity index (χ4v) is 4.64. The van der Waals surface area contributed by atoms with E-state index < -0.39 is 22.2 Å². The van der Waals surface area contributed by atoms with E-state index in [9.17, 15) is 18.0 Å². The standard InChI is InChI=1S/C20H31N3O6S/c1-5-18(19(24)21-12-14-22(15-13-21)20(25)29-7-3)23(30(4,26)27)16-8-10-17(11-9-16)28-6-2/h8-11,18H,5-7,12-15H2,1-4H3/t18-/m1/s1. The van der Waals surface area contributed by atoms with Crippen LogP contribution in [0.25, 0.3) is 0 Å². The van der Waals surface area contributed by atoms with Crippen LogP contribution in [0.5, 0.6) is 5.75 Å². The number of rotatable bonds is 8. The molecular formula is C20H31N3O6S. The van der Waals surface area contributed by atoms with E-state index in [1.807, 2.05) is 6.92 Å². The van der Waals surface area contributed by atoms with Crippen LogP contribution in [0.1, 0.15) is 27.2 Å². The number of ether oxygens (including phenoxy) is 2. The summed E-state index contributed by atoms with van der Waals surface area (Å²) in [5.41, 5.74) is 0.409. The van der Waals surface area contributed by atoms with Gasteiger partial charge in [0.15, 0.2) is 0 Å². The monoisotopic (exact) mass is 441 g/mol. The molecule has 0 radical (unpaired) electrons. The van der Waals surface area contributed by atoms with E-state index in [1.165, 1.54) is 4.31 Å². The number of sulfonamides is 1. The number of amides is 2. The van der Waals surface area contributed by atoms with Gasteiger partial charge < -0.3 is 19.3 Å². The molecule has 30 heavy (non-hydrogen) atoms. The van der Waals surface area contributed by atoms with E-state index in [1.54, 1.807) is 47.9 Å². The summed E-state index contributed by atoms with van der Waals surface area (Å²) in [6.45, 7) is 7.54. The molecule has 1 aromatic carbocycles. The smallest absolute Gasteiger partial charge is 0.409 e. The van der Waals surface area contributed by atoms with Crippen LogP contribution in [0.4, 0.5) is 10.5 Å². The number of hydrogen-bond acceptors (Lipinski definition) is 6. The first-order valence-electron chi connectivity index (χ1n) is 10.2. The van der Waals surface area contributed by atoms with Crippen LogP contribution < -0.4 is 9.04 Å². The lowest BCUT2D eigenvalue weighted by molar-refractivity contribution is -0.134. The van der Waals surface area contributed by atoms with E-state index in [4.69, 9.17) is 9.47 Å². The third-order valence-corrected chi connectivity index (χ3v) is 6.01. The highest BCUT2D eigenvalue weighted by atomic mass is 32.2. The number of benzene rings is 1. The highest BCUT2D eigenvalue weighted by molar-refractivity contribution is 7.92. The SMILES string of the molecule is CCOC(=O)N1CCN(C(=O)[C@@H](CC)N(c2ccc(OCC)cc2)S(C)(=O)=O)CC1. The lowest BCUT2D eigenvalue weighted by Crippen LogP contribution is -2.56. The number of carbonyl (C=O) groups is 2. The van der Waals surface area contributed by atoms with Gasteiger partial charge in [-0.25, -0.2) is 13.2 Å². The first-order chi connectivity index (χ1) is 14.2. The van der Waals surface area contributed by atoms with E-state index in [-0.39, 0.29) is 5.91 Å². The van der Waals surface area contributed by atoms with Crippen molar-refractivity contribution >= 4 is 27.7 Å². The van der Waals surface area contributed by atoms with Crippen molar-refractivity contribution in [2.45, 2.75) is 33.2 Å². The van der Waals surface area contributed by atoms with Crippen LogP contribution in [-0.2, 0) is 19.6 Å². The Labute approximate surface area is 178 Å². The molecular weight excluding hydrogens is 410 g/mol. The van der Waals surface area contributed by atoms with E-state index >= 15 is 0 Å². The predicted molar refractivity (Wildman–Crippen MR) is 114 cm³/mol. The molecule has 168 valence electrons. The average Bonchev–Trinajstić information content (AvgIpc) is 2.72. The minimum Gasteiger partial charge on any atom is -0.494 e. The van der Waals surface area contributed by atoms with Gasteiger partial charge in [-0.15, -0.1) is 0 Å². The van der Waals surface area contributed by atoms with Gasteiger partial charge in [0.05, 0.1) is 25.2 Å². The second-order valence-electron chi connectivity index (χ2n) is 6.92. The molecule has 1 aliphatic rings. The van der Waals surface area contributed by atoms with E-state index in [0.29, 0.717) is 57.3 Å². The van der Waals surface area contributed by atoms with Gasteiger partial charge in [0.2, 0.25) is 15.9 Å². The molecule has 0 spiro atoms. The van der Waals surface area contributed by atoms with Crippen LogP contribution in [-0.4, -0.2) is 81.9 Å². The largest absolute Gasteiger partial charge is 0.494 e. The Morgan fingerprint density at radius 1 is 1.00 bits per heavy atom. The second-order valence-corrected chi connectivity index (χ2v) is 8.78. The average molecular weight is 442 g/mol. The zero-order valence-corrected chi connectivity index (χ0v) is 18.9. The summed E-state index contributed by atoms with van der Waals surface area (Å²) in [5, 5.41) is 0. The van der Waals surface area contributed by atoms with Gasteiger partial charge >= 0.3 is 6.09 Å². The number of piperazine rings is 1. The quantitative estimate of drug-likeness (QED) is 0.612. The van der Waals surface area contributed by atoms with Crippen molar-refractivity contribution in [2.75, 3.05) is 50.0 Å². The van der Waals surface area contributed by atoms with Crippen LogP contribution >= 0.6 is 0 Å². The molecule has 0 unspecified atom stereocenters. The minimum absolute atomic E-state index is 0.277. The number of nitrogens with zero attached hydrogens (tertiary/aromatic N) is 3. The zero-order chi connectivity index (χ0) is 22.3. The normalized spacial score (nSPS) is 15.5. The zero-order valence-electron chi connectivity index (χ0n) is 18.0. The summed E-state index contributed by atoms with van der Waals surface area (Å²) in [6.07, 6.45) is 1.01. The van der Waals surface area contributed by atoms with E-state index in [2.05, 4.69) is 0 Å². The molecule has 0 aliphatic carbocycles. The third-order valence-electron chi connectivity index (χ3n) is 4.83. The lowest BCUT2D eigenvalue weighted by atomic mass is 10.1. The molecule has 2 amide bonds. The van der Waals surface area contributed by atoms with Crippen molar-refractivity contribution < 1.29 is 27.5 Å². The summed E-state index contributed by atoms with van der Waals surface area (Å²) in [4.78, 5) is 28.2. The van der Waals surface area contributed by atoms with Crippen molar-refractivity contribution in [3.63, 3.8) is 0 Å². The molecule has 10 heteroatoms. The lowest BCUT2D eigenvalue weighted by Gasteiger charge is -2.38. The van der Waals surface area contributed by atoms with Gasteiger partial charge in [-0.05, 0) is 44.5 Å². The van der Waals surface area contributed by atoms with Gasteiger partial charge in [-0.1, -0.05) is 6.92 Å². The van der Waals surface area contributed by atoms with Gasteiger partial charge in [0, 0.05) is 26.2 Å². The minimum atomic E-state index is -3.71. The van der Waals surface area contributed by atoms with Gasteiger partial charge in [0.1, 0.15) is 11.8 Å². The summed E-state index contributed by atoms with van der Waals surface area (Å²) < 4.78 is 36.8. The van der Waals surface area contributed by atoms with Crippen molar-refractivity contribution in [2.24, 2.45) is 0 Å². The summed E-state index contributed by atoms with van der Waals surface area (Å²) in [5.74, 6) is 0.351. The van der Waals surface area contributed by atoms with Crippen molar-refractivity contribution in [3.8, 4) is 5.75 Å². The Balaban J connectivity index is 2.19. The highest BCUT2D eigenvalue weighted by Gasteiger charge is 2.36. The Morgan fingerprint density at radius 2 is 1.57 bits per heavy atom. The molecule has 0 aromatic heterocycles. The molecule has 1 heterocycles. The molecule has 1 atom stereocenters. The molecule has 1 aliphatic heterocycles. The molecule has 2 rings (SSSR count). The van der Waals surface area contributed by atoms with Crippen LogP contribution in [0, 0.1) is 0 Å². The maximum absolute atomic E-state index is 13.2. The van der Waals surface area contributed by atoms with E-state index in [0.717, 1.165) is 6.26 Å². The Bertz CT molecular complexity index is 819. The maximum Gasteiger partial charge on any atom is 0.409 e. The van der Waals surface area contributed by atoms with Crippen molar-refractivity contribution in [1.29, 1.82) is 0 Å². The number of carbonyl (C=O) groups excluding carboxylic acids is 2. The fraction of sp³-hybridized carbons (Fsp3) is 0.600. The van der Waals surface area contributed by atoms with Gasteiger partial charge in [0.25, 0.3) is 0 Å². The first kappa shape index (κ1) is 23.8. The number of anilines is 1. The molecule has 0 N–H and O–H groups in total. The van der Waals surface area contributed by atoms with Crippen LogP contribution in [0.15, 0.2) is 24.3 Å². The Kier molecular flexibility index (Phi) is 8.33. The Morgan fingerprint density at radius 3 is 2.03 bits per heavy atom. The van der Waals surface area contributed by atoms with Crippen molar-refractivity contribution in [3.05, 3.63) is 24.3 Å². The fourth-order valence-electron chi connectivity index (χ4n) is 3.43. The highest BCUT2D eigenvalue weighted by Crippen LogP contribution is 2.26. The maximum atomic E-state index is 13.2. The molecule has 1 saturated heterocycles. The molecule has 1 fully saturated rings. The molecule has 0 bridgehead atoms. The summed E-state index contributed by atoms with van der Waals surface area (Å²) in [7, 11) is -3.71. The predicted octanol–water partition coefficient (Wildman–Crippen LogP) is 1.93. The second kappa shape index (κ2) is 10.5. The molecule has 0 saturated carbocycles. The Hall–Kier alpha value is -2.49. The summed E-state index contributed by atoms with van der Waals surface area (Å²) in [6, 6.07) is 5.78. The molecule has 1 aromatic rings. The van der Waals surface area contributed by atoms with Gasteiger partial charge in [-0.3, -0.25) is 9.10 Å². The topological polar surface area (TPSA) is 96.5 Å². The van der Waals surface area contributed by atoms with Crippen molar-refractivity contribution in [1.82, 2.24) is 9.80 Å². The van der Waals surface area contributed by atoms with Crippen LogP contribution in [0.2, 0.25) is 0 Å². The van der Waals surface area contributed by atoms with Crippen LogP contribution in [0.3, 0.4) is 0 Å².